The molecule has 3 N–H and O–H groups in total. The molecule has 2 atom stereocenters. The number of nitrogens with two attached hydrogens (primary N) is 1. The van der Waals surface area contributed by atoms with Crippen LogP contribution < -0.4 is 5.73 Å². The summed E-state index contributed by atoms with van der Waals surface area (Å²) < 4.78 is 7.07. The summed E-state index contributed by atoms with van der Waals surface area (Å²) in [5, 5.41) is 11.4. The van der Waals surface area contributed by atoms with Crippen molar-refractivity contribution in [3.8, 4) is 0 Å². The Labute approximate surface area is 199 Å². The molecule has 0 amide bonds. The van der Waals surface area contributed by atoms with E-state index in [0.717, 1.165) is 53.8 Å². The van der Waals surface area contributed by atoms with Crippen LogP contribution in [0, 0.1) is 5.41 Å². The van der Waals surface area contributed by atoms with Gasteiger partial charge in [-0.25, -0.2) is 0 Å². The van der Waals surface area contributed by atoms with Crippen molar-refractivity contribution in [2.24, 2.45) is 11.1 Å². The molecule has 1 aromatic carbocycles. The van der Waals surface area contributed by atoms with E-state index in [1.54, 1.807) is 0 Å². The molecule has 1 fully saturated rings. The van der Waals surface area contributed by atoms with E-state index in [1.165, 1.54) is 24.0 Å². The van der Waals surface area contributed by atoms with Crippen molar-refractivity contribution in [2.45, 2.75) is 109 Å². The lowest BCUT2D eigenvalue weighted by molar-refractivity contribution is -0.0580. The Kier molecular flexibility index (Phi) is 5.32. The molecule has 1 saturated carbocycles. The van der Waals surface area contributed by atoms with Crippen LogP contribution in [0.5, 0.6) is 0 Å². The number of nitrogens with zero attached hydrogens (tertiary/aromatic N) is 1. The molecular formula is C29H40N2O2. The number of hydrogen-bond donors (Lipinski definition) is 2. The van der Waals surface area contributed by atoms with Crippen LogP contribution in [0.4, 0.5) is 0 Å². The number of aromatic nitrogens is 1. The zero-order chi connectivity index (χ0) is 23.8. The highest BCUT2D eigenvalue weighted by atomic mass is 16.5. The molecule has 2 heterocycles. The van der Waals surface area contributed by atoms with Crippen molar-refractivity contribution in [1.29, 1.82) is 0 Å². The zero-order valence-electron chi connectivity index (χ0n) is 21.2. The minimum Gasteiger partial charge on any atom is -0.388 e. The first-order chi connectivity index (χ1) is 15.4. The maximum absolute atomic E-state index is 11.4. The Balaban J connectivity index is 1.73. The second-order valence-corrected chi connectivity index (χ2v) is 12.4. The van der Waals surface area contributed by atoms with Crippen molar-refractivity contribution in [2.75, 3.05) is 0 Å². The third kappa shape index (κ3) is 3.75. The lowest BCUT2D eigenvalue weighted by atomic mass is 9.70. The minimum atomic E-state index is -0.480. The molecule has 5 rings (SSSR count). The van der Waals surface area contributed by atoms with E-state index in [2.05, 4.69) is 52.0 Å². The summed E-state index contributed by atoms with van der Waals surface area (Å²) in [4.78, 5) is 5.26. The fourth-order valence-electron chi connectivity index (χ4n) is 6.50. The standard InChI is InChI=1S/C29H40N2O2/c1-17(2)25-23-24(22-20(31-25)15-27(3,4)16-21(22)32)29(13-7-8-14-29)33-26(23)18-9-11-19(12-10-18)28(5,6)30/h9-12,17,21,26,32H,7-8,13-16,30H2,1-6H3/t21-,26-/m0/s1. The number of hydrogen-bond acceptors (Lipinski definition) is 4. The molecule has 0 radical (unpaired) electrons. The predicted octanol–water partition coefficient (Wildman–Crippen LogP) is 6.29. The number of fused-ring (bicyclic) bond motifs is 4. The van der Waals surface area contributed by atoms with Gasteiger partial charge in [0.25, 0.3) is 0 Å². The summed E-state index contributed by atoms with van der Waals surface area (Å²) in [5.41, 5.74) is 13.8. The molecule has 0 saturated heterocycles. The largest absolute Gasteiger partial charge is 0.388 e. The van der Waals surface area contributed by atoms with E-state index in [0.29, 0.717) is 0 Å². The molecule has 2 aromatic rings. The third-order valence-corrected chi connectivity index (χ3v) is 8.08. The van der Waals surface area contributed by atoms with Crippen LogP contribution in [0.3, 0.4) is 0 Å². The Morgan fingerprint density at radius 1 is 1.09 bits per heavy atom. The molecule has 33 heavy (non-hydrogen) atoms. The van der Waals surface area contributed by atoms with Crippen LogP contribution in [0.1, 0.15) is 131 Å². The number of aliphatic hydroxyl groups excluding tert-OH is 1. The topological polar surface area (TPSA) is 68.4 Å². The van der Waals surface area contributed by atoms with Gasteiger partial charge in [-0.05, 0) is 67.6 Å². The Morgan fingerprint density at radius 2 is 1.73 bits per heavy atom. The molecular weight excluding hydrogens is 408 g/mol. The SMILES string of the molecule is CC(C)c1nc2c(c3c1[C@H](c1ccc(C(C)(C)N)cc1)OC31CCCC1)[C@@H](O)CC(C)(C)C2. The quantitative estimate of drug-likeness (QED) is 0.579. The first-order valence-electron chi connectivity index (χ1n) is 12.7. The fourth-order valence-corrected chi connectivity index (χ4v) is 6.50. The van der Waals surface area contributed by atoms with Crippen LogP contribution in [0.2, 0.25) is 0 Å². The van der Waals surface area contributed by atoms with Crippen LogP contribution >= 0.6 is 0 Å². The summed E-state index contributed by atoms with van der Waals surface area (Å²) >= 11 is 0. The summed E-state index contributed by atoms with van der Waals surface area (Å²) in [6.45, 7) is 13.0. The second kappa shape index (κ2) is 7.63. The molecule has 1 aromatic heterocycles. The average Bonchev–Trinajstić information content (AvgIpc) is 3.31. The average molecular weight is 449 g/mol. The van der Waals surface area contributed by atoms with E-state index >= 15 is 0 Å². The molecule has 0 bridgehead atoms. The van der Waals surface area contributed by atoms with Crippen LogP contribution in [0.15, 0.2) is 24.3 Å². The molecule has 1 spiro atoms. The molecule has 2 aliphatic carbocycles. The summed E-state index contributed by atoms with van der Waals surface area (Å²) in [6, 6.07) is 8.62. The Hall–Kier alpha value is -1.75. The van der Waals surface area contributed by atoms with Crippen molar-refractivity contribution in [3.05, 3.63) is 63.5 Å². The van der Waals surface area contributed by atoms with Gasteiger partial charge >= 0.3 is 0 Å². The van der Waals surface area contributed by atoms with E-state index in [4.69, 9.17) is 15.5 Å². The highest BCUT2D eigenvalue weighted by Gasteiger charge is 2.52. The van der Waals surface area contributed by atoms with Crippen LogP contribution in [-0.2, 0) is 22.3 Å². The van der Waals surface area contributed by atoms with Gasteiger partial charge in [-0.15, -0.1) is 0 Å². The van der Waals surface area contributed by atoms with Crippen molar-refractivity contribution in [1.82, 2.24) is 4.98 Å². The minimum absolute atomic E-state index is 0.0501. The van der Waals surface area contributed by atoms with Gasteiger partial charge in [0.15, 0.2) is 0 Å². The number of benzene rings is 1. The van der Waals surface area contributed by atoms with Crippen molar-refractivity contribution in [3.63, 3.8) is 0 Å². The monoisotopic (exact) mass is 448 g/mol. The summed E-state index contributed by atoms with van der Waals surface area (Å²) in [5.74, 6) is 0.288. The number of pyridine rings is 1. The molecule has 0 unspecified atom stereocenters. The summed E-state index contributed by atoms with van der Waals surface area (Å²) in [6.07, 6.45) is 5.44. The highest BCUT2D eigenvalue weighted by Crippen LogP contribution is 2.59. The lowest BCUT2D eigenvalue weighted by Gasteiger charge is -2.38. The van der Waals surface area contributed by atoms with Gasteiger partial charge in [0, 0.05) is 28.1 Å². The molecule has 178 valence electrons. The third-order valence-electron chi connectivity index (χ3n) is 8.08. The van der Waals surface area contributed by atoms with E-state index in [1.807, 2.05) is 13.8 Å². The van der Waals surface area contributed by atoms with Crippen LogP contribution in [0.25, 0.3) is 0 Å². The smallest absolute Gasteiger partial charge is 0.111 e. The van der Waals surface area contributed by atoms with Gasteiger partial charge in [0.05, 0.1) is 11.7 Å². The number of ether oxygens (including phenoxy) is 1. The fraction of sp³-hybridized carbons (Fsp3) is 0.621. The van der Waals surface area contributed by atoms with Gasteiger partial charge in [0.2, 0.25) is 0 Å². The first-order valence-corrected chi connectivity index (χ1v) is 12.7. The molecule has 1 aliphatic heterocycles. The van der Waals surface area contributed by atoms with Gasteiger partial charge in [0.1, 0.15) is 6.10 Å². The Morgan fingerprint density at radius 3 is 2.30 bits per heavy atom. The summed E-state index contributed by atoms with van der Waals surface area (Å²) in [7, 11) is 0. The molecule has 4 nitrogen and oxygen atoms in total. The van der Waals surface area contributed by atoms with Crippen LogP contribution in [-0.4, -0.2) is 10.1 Å². The normalized spacial score (nSPS) is 25.5. The van der Waals surface area contributed by atoms with Gasteiger partial charge < -0.3 is 15.6 Å². The molecule has 3 aliphatic rings. The predicted molar refractivity (Wildman–Crippen MR) is 132 cm³/mol. The van der Waals surface area contributed by atoms with Gasteiger partial charge in [-0.1, -0.05) is 64.8 Å². The number of rotatable bonds is 3. The van der Waals surface area contributed by atoms with Gasteiger partial charge in [-0.3, -0.25) is 4.98 Å². The maximum Gasteiger partial charge on any atom is 0.111 e. The molecule has 4 heteroatoms. The number of aliphatic hydroxyl groups is 1. The lowest BCUT2D eigenvalue weighted by Crippen LogP contribution is -2.32. The first kappa shape index (κ1) is 23.0. The second-order valence-electron chi connectivity index (χ2n) is 12.4. The van der Waals surface area contributed by atoms with Crippen molar-refractivity contribution >= 4 is 0 Å². The van der Waals surface area contributed by atoms with E-state index in [9.17, 15) is 5.11 Å². The van der Waals surface area contributed by atoms with E-state index in [-0.39, 0.29) is 28.6 Å². The Bertz CT molecular complexity index is 1060. The highest BCUT2D eigenvalue weighted by molar-refractivity contribution is 5.54. The zero-order valence-corrected chi connectivity index (χ0v) is 21.2. The van der Waals surface area contributed by atoms with Crippen molar-refractivity contribution < 1.29 is 9.84 Å². The van der Waals surface area contributed by atoms with Gasteiger partial charge in [-0.2, -0.15) is 0 Å². The van der Waals surface area contributed by atoms with E-state index < -0.39 is 6.10 Å². The maximum atomic E-state index is 11.4.